The summed E-state index contributed by atoms with van der Waals surface area (Å²) in [6, 6.07) is 14.0. The standard InChI is InChI=1S/C18H19BrN2O2/c1-2-3-11-20-17(22)14-5-4-6-16(12-14)21-18(23)13-7-9-15(19)10-8-13/h4-10,12H,2-3,11H2,1H3,(H,20,22)(H,21,23). The van der Waals surface area contributed by atoms with E-state index in [9.17, 15) is 9.59 Å². The van der Waals surface area contributed by atoms with Crippen molar-refractivity contribution in [2.24, 2.45) is 0 Å². The summed E-state index contributed by atoms with van der Waals surface area (Å²) in [5.41, 5.74) is 1.70. The van der Waals surface area contributed by atoms with Crippen LogP contribution in [0.2, 0.25) is 0 Å². The summed E-state index contributed by atoms with van der Waals surface area (Å²) < 4.78 is 0.916. The third kappa shape index (κ3) is 5.21. The Kier molecular flexibility index (Phi) is 6.35. The molecule has 0 saturated carbocycles. The summed E-state index contributed by atoms with van der Waals surface area (Å²) in [6.07, 6.45) is 1.98. The molecule has 0 fully saturated rings. The molecule has 2 amide bonds. The maximum Gasteiger partial charge on any atom is 0.255 e. The predicted molar refractivity (Wildman–Crippen MR) is 95.8 cm³/mol. The highest BCUT2D eigenvalue weighted by atomic mass is 79.9. The van der Waals surface area contributed by atoms with Crippen molar-refractivity contribution in [2.75, 3.05) is 11.9 Å². The summed E-state index contributed by atoms with van der Waals surface area (Å²) in [7, 11) is 0. The molecule has 23 heavy (non-hydrogen) atoms. The Hall–Kier alpha value is -2.14. The second-order valence-corrected chi connectivity index (χ2v) is 6.07. The number of nitrogens with one attached hydrogen (secondary N) is 2. The van der Waals surface area contributed by atoms with Crippen molar-refractivity contribution in [2.45, 2.75) is 19.8 Å². The summed E-state index contributed by atoms with van der Waals surface area (Å²) in [6.45, 7) is 2.73. The Balaban J connectivity index is 2.03. The predicted octanol–water partition coefficient (Wildman–Crippen LogP) is 4.23. The van der Waals surface area contributed by atoms with Crippen molar-refractivity contribution >= 4 is 33.4 Å². The third-order valence-corrected chi connectivity index (χ3v) is 3.83. The number of amides is 2. The van der Waals surface area contributed by atoms with Crippen molar-refractivity contribution < 1.29 is 9.59 Å². The van der Waals surface area contributed by atoms with Crippen LogP contribution in [-0.4, -0.2) is 18.4 Å². The van der Waals surface area contributed by atoms with Crippen molar-refractivity contribution in [3.8, 4) is 0 Å². The highest BCUT2D eigenvalue weighted by Crippen LogP contribution is 2.14. The fraction of sp³-hybridized carbons (Fsp3) is 0.222. The van der Waals surface area contributed by atoms with Crippen LogP contribution in [0.3, 0.4) is 0 Å². The molecule has 0 aliphatic carbocycles. The fourth-order valence-electron chi connectivity index (χ4n) is 2.02. The molecule has 0 spiro atoms. The van der Waals surface area contributed by atoms with Gasteiger partial charge < -0.3 is 10.6 Å². The maximum absolute atomic E-state index is 12.2. The van der Waals surface area contributed by atoms with E-state index in [4.69, 9.17) is 0 Å². The maximum atomic E-state index is 12.2. The van der Waals surface area contributed by atoms with Crippen LogP contribution in [0.25, 0.3) is 0 Å². The van der Waals surface area contributed by atoms with Gasteiger partial charge in [0.15, 0.2) is 0 Å². The van der Waals surface area contributed by atoms with Crippen LogP contribution in [0.15, 0.2) is 53.0 Å². The van der Waals surface area contributed by atoms with Gasteiger partial charge in [-0.3, -0.25) is 9.59 Å². The van der Waals surface area contributed by atoms with Crippen LogP contribution >= 0.6 is 15.9 Å². The van der Waals surface area contributed by atoms with Gasteiger partial charge in [0, 0.05) is 27.8 Å². The quantitative estimate of drug-likeness (QED) is 0.743. The van der Waals surface area contributed by atoms with Gasteiger partial charge in [-0.1, -0.05) is 35.3 Å². The average Bonchev–Trinajstić information content (AvgIpc) is 2.56. The zero-order valence-electron chi connectivity index (χ0n) is 12.9. The minimum Gasteiger partial charge on any atom is -0.352 e. The molecule has 0 atom stereocenters. The Morgan fingerprint density at radius 1 is 1.00 bits per heavy atom. The lowest BCUT2D eigenvalue weighted by molar-refractivity contribution is 0.0951. The smallest absolute Gasteiger partial charge is 0.255 e. The highest BCUT2D eigenvalue weighted by molar-refractivity contribution is 9.10. The molecule has 120 valence electrons. The Morgan fingerprint density at radius 3 is 2.43 bits per heavy atom. The van der Waals surface area contributed by atoms with E-state index in [1.807, 2.05) is 12.1 Å². The minimum atomic E-state index is -0.207. The van der Waals surface area contributed by atoms with E-state index in [1.54, 1.807) is 36.4 Å². The zero-order chi connectivity index (χ0) is 16.7. The van der Waals surface area contributed by atoms with Gasteiger partial charge in [0.1, 0.15) is 0 Å². The summed E-state index contributed by atoms with van der Waals surface area (Å²) in [4.78, 5) is 24.2. The molecule has 0 aliphatic rings. The molecule has 2 N–H and O–H groups in total. The molecule has 0 heterocycles. The first-order chi connectivity index (χ1) is 11.1. The lowest BCUT2D eigenvalue weighted by Gasteiger charge is -2.08. The van der Waals surface area contributed by atoms with E-state index in [0.717, 1.165) is 17.3 Å². The number of carbonyl (C=O) groups is 2. The zero-order valence-corrected chi connectivity index (χ0v) is 14.5. The topological polar surface area (TPSA) is 58.2 Å². The molecule has 0 saturated heterocycles. The first kappa shape index (κ1) is 17.2. The van der Waals surface area contributed by atoms with E-state index in [1.165, 1.54) is 0 Å². The van der Waals surface area contributed by atoms with E-state index < -0.39 is 0 Å². The second-order valence-electron chi connectivity index (χ2n) is 5.15. The van der Waals surface area contributed by atoms with Gasteiger partial charge in [0.25, 0.3) is 11.8 Å². The van der Waals surface area contributed by atoms with E-state index in [-0.39, 0.29) is 11.8 Å². The number of anilines is 1. The van der Waals surface area contributed by atoms with E-state index in [0.29, 0.717) is 23.4 Å². The van der Waals surface area contributed by atoms with Crippen molar-refractivity contribution in [3.05, 3.63) is 64.1 Å². The summed E-state index contributed by atoms with van der Waals surface area (Å²) in [5.74, 6) is -0.334. The summed E-state index contributed by atoms with van der Waals surface area (Å²) >= 11 is 3.34. The van der Waals surface area contributed by atoms with Gasteiger partial charge in [0.2, 0.25) is 0 Å². The largest absolute Gasteiger partial charge is 0.352 e. The van der Waals surface area contributed by atoms with Gasteiger partial charge >= 0.3 is 0 Å². The lowest BCUT2D eigenvalue weighted by Crippen LogP contribution is -2.24. The molecule has 0 aromatic heterocycles. The van der Waals surface area contributed by atoms with Crippen molar-refractivity contribution in [1.29, 1.82) is 0 Å². The third-order valence-electron chi connectivity index (χ3n) is 3.30. The number of unbranched alkanes of at least 4 members (excludes halogenated alkanes) is 1. The molecule has 4 nitrogen and oxygen atoms in total. The molecule has 2 rings (SSSR count). The van der Waals surface area contributed by atoms with Crippen molar-refractivity contribution in [1.82, 2.24) is 5.32 Å². The van der Waals surface area contributed by atoms with Crippen LogP contribution in [-0.2, 0) is 0 Å². The first-order valence-corrected chi connectivity index (χ1v) is 8.34. The minimum absolute atomic E-state index is 0.127. The Bertz CT molecular complexity index is 684. The average molecular weight is 375 g/mol. The first-order valence-electron chi connectivity index (χ1n) is 7.55. The number of halogens is 1. The van der Waals surface area contributed by atoms with Crippen molar-refractivity contribution in [3.63, 3.8) is 0 Å². The van der Waals surface area contributed by atoms with E-state index in [2.05, 4.69) is 33.5 Å². The molecule has 0 aliphatic heterocycles. The Labute approximate surface area is 144 Å². The number of hydrogen-bond acceptors (Lipinski definition) is 2. The monoisotopic (exact) mass is 374 g/mol. The fourth-order valence-corrected chi connectivity index (χ4v) is 2.29. The second kappa shape index (κ2) is 8.48. The normalized spacial score (nSPS) is 10.2. The van der Waals surface area contributed by atoms with Crippen LogP contribution in [0.5, 0.6) is 0 Å². The summed E-state index contributed by atoms with van der Waals surface area (Å²) in [5, 5.41) is 5.67. The number of hydrogen-bond donors (Lipinski definition) is 2. The van der Waals surface area contributed by atoms with Gasteiger partial charge in [-0.25, -0.2) is 0 Å². The van der Waals surface area contributed by atoms with E-state index >= 15 is 0 Å². The van der Waals surface area contributed by atoms with Gasteiger partial charge in [0.05, 0.1) is 0 Å². The molecular weight excluding hydrogens is 356 g/mol. The Morgan fingerprint density at radius 2 is 1.74 bits per heavy atom. The SMILES string of the molecule is CCCCNC(=O)c1cccc(NC(=O)c2ccc(Br)cc2)c1. The molecule has 5 heteroatoms. The highest BCUT2D eigenvalue weighted by Gasteiger charge is 2.09. The van der Waals surface area contributed by atoms with Gasteiger partial charge in [-0.2, -0.15) is 0 Å². The molecule has 0 unspecified atom stereocenters. The van der Waals surface area contributed by atoms with Gasteiger partial charge in [-0.15, -0.1) is 0 Å². The lowest BCUT2D eigenvalue weighted by atomic mass is 10.1. The number of carbonyl (C=O) groups excluding carboxylic acids is 2. The van der Waals surface area contributed by atoms with Crippen LogP contribution in [0.1, 0.15) is 40.5 Å². The van der Waals surface area contributed by atoms with Crippen LogP contribution < -0.4 is 10.6 Å². The molecular formula is C18H19BrN2O2. The molecule has 0 radical (unpaired) electrons. The number of benzene rings is 2. The molecule has 0 bridgehead atoms. The van der Waals surface area contributed by atoms with Crippen LogP contribution in [0, 0.1) is 0 Å². The number of rotatable bonds is 6. The molecule has 2 aromatic carbocycles. The van der Waals surface area contributed by atoms with Gasteiger partial charge in [-0.05, 0) is 48.9 Å². The van der Waals surface area contributed by atoms with Crippen LogP contribution in [0.4, 0.5) is 5.69 Å². The molecule has 2 aromatic rings.